The minimum Gasteiger partial charge on any atom is -0.507 e. The van der Waals surface area contributed by atoms with Gasteiger partial charge in [0.15, 0.2) is 3.95 Å². The third-order valence-electron chi connectivity index (χ3n) is 5.97. The molecule has 0 atom stereocenters. The van der Waals surface area contributed by atoms with Gasteiger partial charge in [0.2, 0.25) is 0 Å². The van der Waals surface area contributed by atoms with Gasteiger partial charge in [-0.2, -0.15) is 0 Å². The molecule has 0 amide bonds. The summed E-state index contributed by atoms with van der Waals surface area (Å²) in [4.78, 5) is 0. The van der Waals surface area contributed by atoms with Gasteiger partial charge in [0.1, 0.15) is 5.75 Å². The van der Waals surface area contributed by atoms with E-state index in [-0.39, 0.29) is 5.41 Å². The van der Waals surface area contributed by atoms with Crippen LogP contribution in [0.3, 0.4) is 0 Å². The molecule has 1 saturated carbocycles. The minimum atomic E-state index is -0.0956. The molecule has 1 heterocycles. The van der Waals surface area contributed by atoms with Gasteiger partial charge in [-0.25, -0.2) is 0 Å². The molecule has 1 N–H and O–H groups in total. The largest absolute Gasteiger partial charge is 0.507 e. The molecule has 1 fully saturated rings. The first-order valence-electron chi connectivity index (χ1n) is 10.3. The van der Waals surface area contributed by atoms with Crippen LogP contribution in [0.1, 0.15) is 75.5 Å². The lowest BCUT2D eigenvalue weighted by Crippen LogP contribution is -2.15. The van der Waals surface area contributed by atoms with Crippen LogP contribution < -0.4 is 0 Å². The molecule has 4 rings (SSSR count). The lowest BCUT2D eigenvalue weighted by atomic mass is 9.78. The highest BCUT2D eigenvalue weighted by atomic mass is 32.1. The van der Waals surface area contributed by atoms with E-state index >= 15 is 0 Å². The van der Waals surface area contributed by atoms with Crippen LogP contribution in [0.15, 0.2) is 36.4 Å². The quantitative estimate of drug-likeness (QED) is 0.451. The van der Waals surface area contributed by atoms with Crippen molar-refractivity contribution in [1.29, 1.82) is 0 Å². The molecule has 0 saturated heterocycles. The first kappa shape index (κ1) is 19.7. The van der Waals surface area contributed by atoms with E-state index in [1.54, 1.807) is 11.3 Å². The van der Waals surface area contributed by atoms with Crippen LogP contribution >= 0.6 is 23.6 Å². The van der Waals surface area contributed by atoms with Crippen molar-refractivity contribution in [3.63, 3.8) is 0 Å². The third-order valence-corrected chi connectivity index (χ3v) is 7.40. The summed E-state index contributed by atoms with van der Waals surface area (Å²) in [7, 11) is 0. The molecular weight excluding hydrogens is 382 g/mol. The second-order valence-corrected chi connectivity index (χ2v) is 10.8. The van der Waals surface area contributed by atoms with Gasteiger partial charge in [-0.05, 0) is 71.3 Å². The first-order valence-corrected chi connectivity index (χ1v) is 11.5. The molecule has 28 heavy (non-hydrogen) atoms. The Hall–Kier alpha value is -1.65. The lowest BCUT2D eigenvalue weighted by Gasteiger charge is -2.28. The summed E-state index contributed by atoms with van der Waals surface area (Å²) in [5, 5.41) is 11.1. The monoisotopic (exact) mass is 411 g/mol. The Morgan fingerprint density at radius 3 is 2.54 bits per heavy atom. The predicted octanol–water partition coefficient (Wildman–Crippen LogP) is 7.53. The van der Waals surface area contributed by atoms with Crippen LogP contribution in [0, 0.1) is 3.95 Å². The van der Waals surface area contributed by atoms with Crippen LogP contribution in [0.4, 0.5) is 0 Å². The van der Waals surface area contributed by atoms with Crippen LogP contribution in [0.5, 0.6) is 5.75 Å². The molecule has 0 spiro atoms. The Morgan fingerprint density at radius 2 is 1.82 bits per heavy atom. The molecule has 1 aliphatic rings. The highest BCUT2D eigenvalue weighted by Crippen LogP contribution is 2.42. The normalized spacial score (nSPS) is 16.0. The van der Waals surface area contributed by atoms with Gasteiger partial charge in [0.25, 0.3) is 0 Å². The zero-order chi connectivity index (χ0) is 19.9. The first-order chi connectivity index (χ1) is 13.3. The molecule has 2 nitrogen and oxygen atoms in total. The van der Waals surface area contributed by atoms with E-state index in [0.29, 0.717) is 11.7 Å². The van der Waals surface area contributed by atoms with Crippen LogP contribution in [-0.4, -0.2) is 9.67 Å². The van der Waals surface area contributed by atoms with Crippen molar-refractivity contribution in [3.05, 3.63) is 57.0 Å². The SMILES string of the molecule is CC(C)(C)c1cc(Cn2c(=S)sc3ccccc32)cc(C2CCCCC2)c1O. The fraction of sp³-hybridized carbons (Fsp3) is 0.458. The number of phenolic OH excluding ortho intramolecular Hbond substituents is 1. The molecule has 2 aromatic carbocycles. The molecule has 148 valence electrons. The Kier molecular flexibility index (Phi) is 5.36. The predicted molar refractivity (Wildman–Crippen MR) is 122 cm³/mol. The summed E-state index contributed by atoms with van der Waals surface area (Å²) in [6.07, 6.45) is 6.21. The van der Waals surface area contributed by atoms with Crippen molar-refractivity contribution < 1.29 is 5.11 Å². The number of para-hydroxylation sites is 1. The number of aromatic nitrogens is 1. The van der Waals surface area contributed by atoms with Crippen LogP contribution in [-0.2, 0) is 12.0 Å². The summed E-state index contributed by atoms with van der Waals surface area (Å²) >= 11 is 7.35. The van der Waals surface area contributed by atoms with Crippen molar-refractivity contribution in [2.24, 2.45) is 0 Å². The number of aromatic hydroxyl groups is 1. The highest BCUT2D eigenvalue weighted by molar-refractivity contribution is 7.73. The number of thiazole rings is 1. The van der Waals surface area contributed by atoms with E-state index in [4.69, 9.17) is 12.2 Å². The number of hydrogen-bond acceptors (Lipinski definition) is 3. The van der Waals surface area contributed by atoms with E-state index in [1.165, 1.54) is 47.9 Å². The highest BCUT2D eigenvalue weighted by Gasteiger charge is 2.26. The average Bonchev–Trinajstić information content (AvgIpc) is 2.98. The van der Waals surface area contributed by atoms with E-state index < -0.39 is 0 Å². The Balaban J connectivity index is 1.82. The molecular formula is C24H29NOS2. The number of hydrogen-bond donors (Lipinski definition) is 1. The summed E-state index contributed by atoms with van der Waals surface area (Å²) in [5.41, 5.74) is 4.54. The maximum Gasteiger partial charge on any atom is 0.162 e. The minimum absolute atomic E-state index is 0.0956. The fourth-order valence-electron chi connectivity index (χ4n) is 4.45. The molecule has 0 unspecified atom stereocenters. The van der Waals surface area contributed by atoms with E-state index in [9.17, 15) is 5.11 Å². The molecule has 1 aromatic heterocycles. The van der Waals surface area contributed by atoms with Gasteiger partial charge in [-0.3, -0.25) is 0 Å². The molecule has 4 heteroatoms. The number of phenols is 1. The average molecular weight is 412 g/mol. The van der Waals surface area contributed by atoms with Crippen molar-refractivity contribution in [3.8, 4) is 5.75 Å². The maximum absolute atomic E-state index is 11.1. The van der Waals surface area contributed by atoms with Gasteiger partial charge in [-0.15, -0.1) is 11.3 Å². The molecule has 0 bridgehead atoms. The van der Waals surface area contributed by atoms with Gasteiger partial charge in [0.05, 0.1) is 10.2 Å². The molecule has 3 aromatic rings. The summed E-state index contributed by atoms with van der Waals surface area (Å²) in [6, 6.07) is 12.9. The van der Waals surface area contributed by atoms with Crippen molar-refractivity contribution >= 4 is 33.8 Å². The zero-order valence-electron chi connectivity index (χ0n) is 17.0. The Morgan fingerprint density at radius 1 is 1.11 bits per heavy atom. The fourth-order valence-corrected chi connectivity index (χ4v) is 5.78. The maximum atomic E-state index is 11.1. The van der Waals surface area contributed by atoms with Gasteiger partial charge < -0.3 is 9.67 Å². The van der Waals surface area contributed by atoms with Crippen LogP contribution in [0.2, 0.25) is 0 Å². The lowest BCUT2D eigenvalue weighted by molar-refractivity contribution is 0.402. The van der Waals surface area contributed by atoms with Crippen molar-refractivity contribution in [2.45, 2.75) is 70.8 Å². The molecule has 0 radical (unpaired) electrons. The standard InChI is InChI=1S/C24H29NOS2/c1-24(2,3)19-14-16(13-18(22(19)26)17-9-5-4-6-10-17)15-25-20-11-7-8-12-21(20)28-23(25)27/h7-8,11-14,17,26H,4-6,9-10,15H2,1-3H3. The summed E-state index contributed by atoms with van der Waals surface area (Å²) in [6.45, 7) is 7.30. The van der Waals surface area contributed by atoms with Gasteiger partial charge in [0, 0.05) is 6.54 Å². The van der Waals surface area contributed by atoms with E-state index in [0.717, 1.165) is 21.6 Å². The van der Waals surface area contributed by atoms with Crippen molar-refractivity contribution in [1.82, 2.24) is 4.57 Å². The van der Waals surface area contributed by atoms with E-state index in [2.05, 4.69) is 61.7 Å². The number of nitrogens with zero attached hydrogens (tertiary/aromatic N) is 1. The van der Waals surface area contributed by atoms with Crippen LogP contribution in [0.25, 0.3) is 10.2 Å². The number of benzene rings is 2. The van der Waals surface area contributed by atoms with E-state index in [1.807, 2.05) is 0 Å². The third kappa shape index (κ3) is 3.77. The van der Waals surface area contributed by atoms with Gasteiger partial charge in [-0.1, -0.05) is 58.2 Å². The summed E-state index contributed by atoms with van der Waals surface area (Å²) < 4.78 is 4.37. The van der Waals surface area contributed by atoms with Gasteiger partial charge >= 0.3 is 0 Å². The smallest absolute Gasteiger partial charge is 0.162 e. The Bertz CT molecular complexity index is 1050. The second-order valence-electron chi connectivity index (χ2n) is 9.09. The number of fused-ring (bicyclic) bond motifs is 1. The Labute approximate surface area is 176 Å². The second kappa shape index (κ2) is 7.64. The summed E-state index contributed by atoms with van der Waals surface area (Å²) in [5.74, 6) is 0.990. The molecule has 1 aliphatic carbocycles. The topological polar surface area (TPSA) is 25.2 Å². The molecule has 0 aliphatic heterocycles. The van der Waals surface area contributed by atoms with Crippen molar-refractivity contribution in [2.75, 3.05) is 0 Å². The zero-order valence-corrected chi connectivity index (χ0v) is 18.6. The number of rotatable bonds is 3.